The third-order valence-corrected chi connectivity index (χ3v) is 4.41. The van der Waals surface area contributed by atoms with Crippen LogP contribution in [0.4, 0.5) is 0 Å². The molecule has 0 aliphatic heterocycles. The molecule has 3 N–H and O–H groups in total. The minimum absolute atomic E-state index is 0.269. The Labute approximate surface area is 112 Å². The van der Waals surface area contributed by atoms with Crippen molar-refractivity contribution in [3.63, 3.8) is 0 Å². The van der Waals surface area contributed by atoms with Gasteiger partial charge in [-0.25, -0.2) is 0 Å². The zero-order valence-corrected chi connectivity index (χ0v) is 11.7. The average Bonchev–Trinajstić information content (AvgIpc) is 2.28. The Morgan fingerprint density at radius 3 is 2.71 bits per heavy atom. The van der Waals surface area contributed by atoms with Crippen LogP contribution in [0, 0.1) is 5.92 Å². The maximum atomic E-state index is 5.85. The molecule has 94 valence electrons. The molecule has 1 fully saturated rings. The first kappa shape index (κ1) is 13.1. The van der Waals surface area contributed by atoms with E-state index in [9.17, 15) is 0 Å². The van der Waals surface area contributed by atoms with Gasteiger partial charge in [-0.2, -0.15) is 0 Å². The second kappa shape index (κ2) is 6.53. The summed E-state index contributed by atoms with van der Waals surface area (Å²) in [6.45, 7) is 1.72. The van der Waals surface area contributed by atoms with E-state index >= 15 is 0 Å². The molecule has 1 atom stereocenters. The average molecular weight is 297 g/mol. The van der Waals surface area contributed by atoms with E-state index in [1.165, 1.54) is 31.2 Å². The van der Waals surface area contributed by atoms with Crippen LogP contribution in [-0.2, 0) is 0 Å². The van der Waals surface area contributed by atoms with Gasteiger partial charge in [-0.3, -0.25) is 0 Å². The fourth-order valence-corrected chi connectivity index (χ4v) is 2.88. The smallest absolute Gasteiger partial charge is 0.0455 e. The lowest BCUT2D eigenvalue weighted by atomic mass is 9.83. The van der Waals surface area contributed by atoms with E-state index in [-0.39, 0.29) is 6.04 Å². The normalized spacial score (nSPS) is 17.8. The molecule has 0 radical (unpaired) electrons. The summed E-state index contributed by atoms with van der Waals surface area (Å²) in [5.74, 6) is 0.958. The van der Waals surface area contributed by atoms with Crippen LogP contribution in [-0.4, -0.2) is 13.1 Å². The highest BCUT2D eigenvalue weighted by atomic mass is 79.9. The Bertz CT molecular complexity index is 350. The Morgan fingerprint density at radius 1 is 1.35 bits per heavy atom. The van der Waals surface area contributed by atoms with Gasteiger partial charge in [0.05, 0.1) is 0 Å². The molecule has 2 nitrogen and oxygen atoms in total. The van der Waals surface area contributed by atoms with Crippen molar-refractivity contribution in [2.24, 2.45) is 11.7 Å². The molecule has 1 saturated carbocycles. The van der Waals surface area contributed by atoms with Gasteiger partial charge in [0, 0.05) is 17.1 Å². The van der Waals surface area contributed by atoms with Gasteiger partial charge in [-0.05, 0) is 30.5 Å². The molecule has 1 aliphatic carbocycles. The number of nitrogens with two attached hydrogens (primary N) is 1. The lowest BCUT2D eigenvalue weighted by Crippen LogP contribution is -2.30. The number of nitrogens with one attached hydrogen (secondary N) is 1. The number of halogens is 1. The van der Waals surface area contributed by atoms with Crippen molar-refractivity contribution in [2.75, 3.05) is 13.1 Å². The molecular weight excluding hydrogens is 276 g/mol. The molecule has 3 heteroatoms. The Hall–Kier alpha value is -0.380. The molecule has 1 aromatic carbocycles. The quantitative estimate of drug-likeness (QED) is 0.846. The second-order valence-corrected chi connectivity index (χ2v) is 5.70. The minimum atomic E-state index is 0.269. The summed E-state index contributed by atoms with van der Waals surface area (Å²) in [4.78, 5) is 0. The van der Waals surface area contributed by atoms with Gasteiger partial charge in [0.25, 0.3) is 0 Å². The third kappa shape index (κ3) is 3.54. The van der Waals surface area contributed by atoms with E-state index in [1.807, 2.05) is 6.07 Å². The number of hydrogen-bond acceptors (Lipinski definition) is 2. The van der Waals surface area contributed by atoms with Gasteiger partial charge in [0.1, 0.15) is 0 Å². The van der Waals surface area contributed by atoms with Crippen molar-refractivity contribution in [2.45, 2.75) is 31.7 Å². The zero-order chi connectivity index (χ0) is 12.1. The number of rotatable bonds is 6. The van der Waals surface area contributed by atoms with Gasteiger partial charge in [0.15, 0.2) is 0 Å². The molecule has 17 heavy (non-hydrogen) atoms. The second-order valence-electron chi connectivity index (χ2n) is 4.85. The summed E-state index contributed by atoms with van der Waals surface area (Å²) in [6.07, 6.45) is 5.56. The Kier molecular flexibility index (Phi) is 5.01. The van der Waals surface area contributed by atoms with Gasteiger partial charge in [0.2, 0.25) is 0 Å². The van der Waals surface area contributed by atoms with Gasteiger partial charge >= 0.3 is 0 Å². The summed E-state index contributed by atoms with van der Waals surface area (Å²) in [5, 5.41) is 3.57. The fourth-order valence-electron chi connectivity index (χ4n) is 2.32. The molecular formula is C14H21BrN2. The Morgan fingerprint density at radius 2 is 2.12 bits per heavy atom. The summed E-state index contributed by atoms with van der Waals surface area (Å²) in [5.41, 5.74) is 7.12. The predicted octanol–water partition coefficient (Wildman–Crippen LogP) is 3.23. The molecule has 0 aromatic heterocycles. The van der Waals surface area contributed by atoms with Crippen molar-refractivity contribution in [3.05, 3.63) is 34.3 Å². The maximum Gasteiger partial charge on any atom is 0.0455 e. The highest BCUT2D eigenvalue weighted by Gasteiger charge is 2.18. The van der Waals surface area contributed by atoms with Crippen molar-refractivity contribution in [1.29, 1.82) is 0 Å². The molecule has 0 amide bonds. The first-order valence-electron chi connectivity index (χ1n) is 6.49. The van der Waals surface area contributed by atoms with Gasteiger partial charge < -0.3 is 11.1 Å². The first-order chi connectivity index (χ1) is 8.31. The standard InChI is InChI=1S/C14H21BrN2/c15-13-7-2-1-6-12(13)14(10-16)17-9-8-11-4-3-5-11/h1-2,6-7,11,14,17H,3-5,8-10,16H2. The monoisotopic (exact) mass is 296 g/mol. The molecule has 1 aromatic rings. The number of benzene rings is 1. The van der Waals surface area contributed by atoms with Crippen LogP contribution in [0.5, 0.6) is 0 Å². The van der Waals surface area contributed by atoms with Crippen molar-refractivity contribution < 1.29 is 0 Å². The summed E-state index contributed by atoms with van der Waals surface area (Å²) in [6, 6.07) is 8.58. The van der Waals surface area contributed by atoms with E-state index in [2.05, 4.69) is 39.4 Å². The van der Waals surface area contributed by atoms with Crippen LogP contribution < -0.4 is 11.1 Å². The number of hydrogen-bond donors (Lipinski definition) is 2. The van der Waals surface area contributed by atoms with Crippen LogP contribution in [0.25, 0.3) is 0 Å². The zero-order valence-electron chi connectivity index (χ0n) is 10.2. The molecule has 0 spiro atoms. The van der Waals surface area contributed by atoms with Crippen molar-refractivity contribution in [3.8, 4) is 0 Å². The van der Waals surface area contributed by atoms with E-state index in [0.717, 1.165) is 16.9 Å². The molecule has 1 unspecified atom stereocenters. The van der Waals surface area contributed by atoms with Gasteiger partial charge in [-0.15, -0.1) is 0 Å². The van der Waals surface area contributed by atoms with Crippen LogP contribution in [0.2, 0.25) is 0 Å². The Balaban J connectivity index is 1.85. The molecule has 0 heterocycles. The largest absolute Gasteiger partial charge is 0.329 e. The van der Waals surface area contributed by atoms with Crippen LogP contribution in [0.1, 0.15) is 37.3 Å². The van der Waals surface area contributed by atoms with E-state index < -0.39 is 0 Å². The van der Waals surface area contributed by atoms with Crippen molar-refractivity contribution >= 4 is 15.9 Å². The van der Waals surface area contributed by atoms with Crippen LogP contribution in [0.15, 0.2) is 28.7 Å². The summed E-state index contributed by atoms with van der Waals surface area (Å²) in [7, 11) is 0. The lowest BCUT2D eigenvalue weighted by Gasteiger charge is -2.26. The van der Waals surface area contributed by atoms with Crippen LogP contribution >= 0.6 is 15.9 Å². The predicted molar refractivity (Wildman–Crippen MR) is 75.9 cm³/mol. The summed E-state index contributed by atoms with van der Waals surface area (Å²) >= 11 is 3.59. The third-order valence-electron chi connectivity index (χ3n) is 3.68. The molecule has 0 bridgehead atoms. The SMILES string of the molecule is NCC(NCCC1CCC1)c1ccccc1Br. The molecule has 1 aliphatic rings. The van der Waals surface area contributed by atoms with Crippen LogP contribution in [0.3, 0.4) is 0 Å². The molecule has 2 rings (SSSR count). The topological polar surface area (TPSA) is 38.0 Å². The highest BCUT2D eigenvalue weighted by molar-refractivity contribution is 9.10. The fraction of sp³-hybridized carbons (Fsp3) is 0.571. The minimum Gasteiger partial charge on any atom is -0.329 e. The van der Waals surface area contributed by atoms with Gasteiger partial charge in [-0.1, -0.05) is 53.4 Å². The molecule has 0 saturated heterocycles. The first-order valence-corrected chi connectivity index (χ1v) is 7.28. The van der Waals surface area contributed by atoms with Crippen molar-refractivity contribution in [1.82, 2.24) is 5.32 Å². The van der Waals surface area contributed by atoms with E-state index in [0.29, 0.717) is 6.54 Å². The summed E-state index contributed by atoms with van der Waals surface area (Å²) < 4.78 is 1.14. The highest BCUT2D eigenvalue weighted by Crippen LogP contribution is 2.29. The van der Waals surface area contributed by atoms with E-state index in [1.54, 1.807) is 0 Å². The van der Waals surface area contributed by atoms with E-state index in [4.69, 9.17) is 5.73 Å². The lowest BCUT2D eigenvalue weighted by molar-refractivity contribution is 0.288. The maximum absolute atomic E-state index is 5.85.